The lowest BCUT2D eigenvalue weighted by atomic mass is 10.1. The fraction of sp³-hybridized carbons (Fsp3) is 0.0870. The molecule has 0 saturated heterocycles. The smallest absolute Gasteiger partial charge is 0.272 e. The lowest BCUT2D eigenvalue weighted by molar-refractivity contribution is -0.676. The first-order valence-corrected chi connectivity index (χ1v) is 8.82. The molecule has 5 aromatic rings. The van der Waals surface area contributed by atoms with Gasteiger partial charge in [0.25, 0.3) is 5.69 Å². The number of nitrogens with zero attached hydrogens (tertiary/aromatic N) is 1. The summed E-state index contributed by atoms with van der Waals surface area (Å²) in [5.74, 6) is 0.870. The van der Waals surface area contributed by atoms with E-state index in [4.69, 9.17) is 4.42 Å². The van der Waals surface area contributed by atoms with E-state index in [1.54, 1.807) is 6.26 Å². The molecule has 0 spiro atoms. The van der Waals surface area contributed by atoms with Crippen molar-refractivity contribution in [1.29, 1.82) is 0 Å². The van der Waals surface area contributed by atoms with E-state index in [0.29, 0.717) is 0 Å². The Morgan fingerprint density at radius 3 is 2.54 bits per heavy atom. The molecule has 0 radical (unpaired) electrons. The normalized spacial score (nSPS) is 11.4. The number of para-hydroxylation sites is 1. The SMILES string of the molecule is Cc1ccc(C[n+]2ccc3c([nH]c4ccccc43)c2-c2ccco2)cc1. The molecule has 126 valence electrons. The maximum absolute atomic E-state index is 5.78. The second-order valence-corrected chi connectivity index (χ2v) is 6.71. The maximum atomic E-state index is 5.78. The third-order valence-electron chi connectivity index (χ3n) is 4.92. The first kappa shape index (κ1) is 15.0. The number of benzene rings is 2. The van der Waals surface area contributed by atoms with Crippen molar-refractivity contribution < 1.29 is 8.98 Å². The third kappa shape index (κ3) is 2.40. The Morgan fingerprint density at radius 1 is 0.885 bits per heavy atom. The highest BCUT2D eigenvalue weighted by molar-refractivity contribution is 6.09. The average Bonchev–Trinajstić information content (AvgIpc) is 3.31. The van der Waals surface area contributed by atoms with Gasteiger partial charge in [-0.1, -0.05) is 48.0 Å². The molecular weight excluding hydrogens is 320 g/mol. The van der Waals surface area contributed by atoms with Gasteiger partial charge in [0.15, 0.2) is 18.5 Å². The summed E-state index contributed by atoms with van der Waals surface area (Å²) in [7, 11) is 0. The van der Waals surface area contributed by atoms with Gasteiger partial charge in [0.05, 0.1) is 6.26 Å². The number of hydrogen-bond acceptors (Lipinski definition) is 1. The van der Waals surface area contributed by atoms with Gasteiger partial charge in [-0.15, -0.1) is 0 Å². The Labute approximate surface area is 151 Å². The monoisotopic (exact) mass is 339 g/mol. The number of fused-ring (bicyclic) bond motifs is 3. The summed E-state index contributed by atoms with van der Waals surface area (Å²) in [6.45, 7) is 2.91. The van der Waals surface area contributed by atoms with Crippen LogP contribution in [-0.2, 0) is 6.54 Å². The van der Waals surface area contributed by atoms with Crippen molar-refractivity contribution in [2.24, 2.45) is 0 Å². The number of aryl methyl sites for hydroxylation is 1. The molecule has 0 atom stereocenters. The van der Waals surface area contributed by atoms with Crippen LogP contribution in [0.3, 0.4) is 0 Å². The van der Waals surface area contributed by atoms with Crippen LogP contribution in [0, 0.1) is 6.92 Å². The van der Waals surface area contributed by atoms with Crippen LogP contribution < -0.4 is 4.57 Å². The zero-order valence-electron chi connectivity index (χ0n) is 14.6. The van der Waals surface area contributed by atoms with Crippen molar-refractivity contribution in [3.63, 3.8) is 0 Å². The molecule has 0 fully saturated rings. The Kier molecular flexibility index (Phi) is 3.39. The summed E-state index contributed by atoms with van der Waals surface area (Å²) in [5.41, 5.74) is 5.86. The number of nitrogens with one attached hydrogen (secondary N) is 1. The van der Waals surface area contributed by atoms with Crippen LogP contribution in [0.4, 0.5) is 0 Å². The quantitative estimate of drug-likeness (QED) is 0.449. The molecule has 3 nitrogen and oxygen atoms in total. The number of furan rings is 1. The number of pyridine rings is 1. The second kappa shape index (κ2) is 5.88. The number of H-pyrrole nitrogens is 1. The summed E-state index contributed by atoms with van der Waals surface area (Å²) in [5, 5.41) is 2.45. The van der Waals surface area contributed by atoms with Gasteiger partial charge in [0, 0.05) is 27.9 Å². The van der Waals surface area contributed by atoms with Crippen molar-refractivity contribution in [3.8, 4) is 11.5 Å². The second-order valence-electron chi connectivity index (χ2n) is 6.71. The minimum absolute atomic E-state index is 0.793. The maximum Gasteiger partial charge on any atom is 0.272 e. The van der Waals surface area contributed by atoms with Gasteiger partial charge in [0.2, 0.25) is 0 Å². The van der Waals surface area contributed by atoms with Gasteiger partial charge < -0.3 is 9.40 Å². The zero-order chi connectivity index (χ0) is 17.5. The standard InChI is InChI=1S/C23H18N2O/c1-16-8-10-17(11-9-16)15-25-13-12-19-18-5-2-3-6-20(18)24-22(19)23(25)21-7-4-14-26-21/h2-14H,15H2,1H3/p+1. The molecule has 0 saturated carbocycles. The highest BCUT2D eigenvalue weighted by Gasteiger charge is 2.23. The molecule has 0 aliphatic carbocycles. The lowest BCUT2D eigenvalue weighted by Crippen LogP contribution is -2.36. The molecule has 0 bridgehead atoms. The minimum atomic E-state index is 0.793. The van der Waals surface area contributed by atoms with Crippen molar-refractivity contribution in [2.45, 2.75) is 13.5 Å². The molecule has 1 N–H and O–H groups in total. The van der Waals surface area contributed by atoms with Gasteiger partial charge in [-0.2, -0.15) is 4.57 Å². The molecule has 2 aromatic carbocycles. The molecule has 0 aliphatic rings. The van der Waals surface area contributed by atoms with E-state index >= 15 is 0 Å². The number of aromatic amines is 1. The van der Waals surface area contributed by atoms with E-state index in [0.717, 1.165) is 29.0 Å². The average molecular weight is 339 g/mol. The van der Waals surface area contributed by atoms with Crippen LogP contribution in [-0.4, -0.2) is 4.98 Å². The van der Waals surface area contributed by atoms with Crippen molar-refractivity contribution >= 4 is 21.8 Å². The van der Waals surface area contributed by atoms with Crippen LogP contribution in [0.25, 0.3) is 33.3 Å². The topological polar surface area (TPSA) is 32.8 Å². The zero-order valence-corrected chi connectivity index (χ0v) is 14.6. The van der Waals surface area contributed by atoms with E-state index in [1.165, 1.54) is 21.9 Å². The van der Waals surface area contributed by atoms with Crippen molar-refractivity contribution in [2.75, 3.05) is 0 Å². The molecule has 5 rings (SSSR count). The molecule has 3 heteroatoms. The predicted molar refractivity (Wildman–Crippen MR) is 104 cm³/mol. The summed E-state index contributed by atoms with van der Waals surface area (Å²) in [4.78, 5) is 3.59. The molecule has 0 unspecified atom stereocenters. The molecular formula is C23H19N2O+. The summed E-state index contributed by atoms with van der Waals surface area (Å²) >= 11 is 0. The van der Waals surface area contributed by atoms with Gasteiger partial charge in [-0.05, 0) is 25.1 Å². The Hall–Kier alpha value is -3.33. The van der Waals surface area contributed by atoms with Gasteiger partial charge in [-0.25, -0.2) is 0 Å². The van der Waals surface area contributed by atoms with Crippen molar-refractivity contribution in [3.05, 3.63) is 90.3 Å². The number of aromatic nitrogens is 2. The van der Waals surface area contributed by atoms with Crippen LogP contribution >= 0.6 is 0 Å². The minimum Gasteiger partial charge on any atom is -0.458 e. The first-order chi connectivity index (χ1) is 12.8. The predicted octanol–water partition coefficient (Wildman–Crippen LogP) is 5.23. The summed E-state index contributed by atoms with van der Waals surface area (Å²) < 4.78 is 8.03. The lowest BCUT2D eigenvalue weighted by Gasteiger charge is -2.04. The van der Waals surface area contributed by atoms with Crippen LogP contribution in [0.15, 0.2) is 83.6 Å². The number of hydrogen-bond donors (Lipinski definition) is 1. The van der Waals surface area contributed by atoms with E-state index in [9.17, 15) is 0 Å². The van der Waals surface area contributed by atoms with E-state index in [-0.39, 0.29) is 0 Å². The molecule has 0 aliphatic heterocycles. The van der Waals surface area contributed by atoms with Gasteiger partial charge in [0.1, 0.15) is 5.52 Å². The van der Waals surface area contributed by atoms with Crippen LogP contribution in [0.2, 0.25) is 0 Å². The van der Waals surface area contributed by atoms with Gasteiger partial charge >= 0.3 is 0 Å². The van der Waals surface area contributed by atoms with Crippen LogP contribution in [0.5, 0.6) is 0 Å². The van der Waals surface area contributed by atoms with Crippen LogP contribution in [0.1, 0.15) is 11.1 Å². The van der Waals surface area contributed by atoms with Crippen molar-refractivity contribution in [1.82, 2.24) is 4.98 Å². The van der Waals surface area contributed by atoms with E-state index < -0.39 is 0 Å². The first-order valence-electron chi connectivity index (χ1n) is 8.82. The molecule has 0 amide bonds. The molecule has 3 aromatic heterocycles. The molecule has 26 heavy (non-hydrogen) atoms. The summed E-state index contributed by atoms with van der Waals surface area (Å²) in [6.07, 6.45) is 3.88. The molecule has 3 heterocycles. The largest absolute Gasteiger partial charge is 0.458 e. The highest BCUT2D eigenvalue weighted by atomic mass is 16.3. The fourth-order valence-corrected chi connectivity index (χ4v) is 3.61. The van der Waals surface area contributed by atoms with E-state index in [2.05, 4.69) is 77.3 Å². The Balaban J connectivity index is 1.76. The summed E-state index contributed by atoms with van der Waals surface area (Å²) in [6, 6.07) is 23.2. The van der Waals surface area contributed by atoms with E-state index in [1.807, 2.05) is 12.1 Å². The Bertz CT molecular complexity index is 1200. The van der Waals surface area contributed by atoms with Gasteiger partial charge in [-0.3, -0.25) is 0 Å². The number of rotatable bonds is 3. The Morgan fingerprint density at radius 2 is 1.73 bits per heavy atom. The fourth-order valence-electron chi connectivity index (χ4n) is 3.61. The third-order valence-corrected chi connectivity index (χ3v) is 4.92. The highest BCUT2D eigenvalue weighted by Crippen LogP contribution is 2.31.